The van der Waals surface area contributed by atoms with Crippen LogP contribution in [0.5, 0.6) is 0 Å². The average Bonchev–Trinajstić information content (AvgIpc) is 2.26. The number of carboxylic acid groups (broad SMARTS) is 1. The third-order valence-electron chi connectivity index (χ3n) is 4.76. The van der Waals surface area contributed by atoms with E-state index in [1.165, 1.54) is 0 Å². The summed E-state index contributed by atoms with van der Waals surface area (Å²) in [6.45, 7) is 5.28. The van der Waals surface area contributed by atoms with Crippen LogP contribution in [-0.2, 0) is 9.59 Å². The van der Waals surface area contributed by atoms with E-state index < -0.39 is 11.4 Å². The summed E-state index contributed by atoms with van der Waals surface area (Å²) >= 11 is 0. The lowest BCUT2D eigenvalue weighted by Gasteiger charge is -2.41. The fourth-order valence-electron chi connectivity index (χ4n) is 3.09. The zero-order valence-corrected chi connectivity index (χ0v) is 11.8. The Morgan fingerprint density at radius 1 is 1.26 bits per heavy atom. The highest BCUT2D eigenvalue weighted by Crippen LogP contribution is 2.40. The van der Waals surface area contributed by atoms with Crippen LogP contribution in [-0.4, -0.2) is 36.1 Å². The highest BCUT2D eigenvalue weighted by Gasteiger charge is 2.45. The minimum atomic E-state index is -0.782. The smallest absolute Gasteiger partial charge is 0.311 e. The number of carboxylic acids is 1. The second-order valence-corrected chi connectivity index (χ2v) is 6.64. The molecule has 1 unspecified atom stereocenters. The van der Waals surface area contributed by atoms with Gasteiger partial charge in [-0.05, 0) is 37.6 Å². The molecule has 3 N–H and O–H groups in total. The van der Waals surface area contributed by atoms with Crippen LogP contribution >= 0.6 is 0 Å². The summed E-state index contributed by atoms with van der Waals surface area (Å²) in [7, 11) is 0. The Morgan fingerprint density at radius 3 is 2.42 bits per heavy atom. The lowest BCUT2D eigenvalue weighted by Crippen LogP contribution is -2.58. The molecule has 19 heavy (non-hydrogen) atoms. The van der Waals surface area contributed by atoms with Gasteiger partial charge in [0.15, 0.2) is 0 Å². The van der Waals surface area contributed by atoms with Gasteiger partial charge >= 0.3 is 5.97 Å². The van der Waals surface area contributed by atoms with E-state index in [9.17, 15) is 14.7 Å². The van der Waals surface area contributed by atoms with E-state index in [1.807, 2.05) is 0 Å². The molecule has 0 aromatic heterocycles. The van der Waals surface area contributed by atoms with E-state index in [4.69, 9.17) is 0 Å². The van der Waals surface area contributed by atoms with Crippen LogP contribution in [0.3, 0.4) is 0 Å². The van der Waals surface area contributed by atoms with Crippen LogP contribution in [0.4, 0.5) is 0 Å². The lowest BCUT2D eigenvalue weighted by atomic mass is 9.68. The maximum Gasteiger partial charge on any atom is 0.311 e. The molecule has 1 saturated carbocycles. The molecule has 0 spiro atoms. The molecule has 1 amide bonds. The van der Waals surface area contributed by atoms with E-state index in [1.54, 1.807) is 0 Å². The van der Waals surface area contributed by atoms with Gasteiger partial charge < -0.3 is 15.7 Å². The molecular weight excluding hydrogens is 244 g/mol. The Kier molecular flexibility index (Phi) is 3.85. The van der Waals surface area contributed by atoms with Crippen molar-refractivity contribution < 1.29 is 14.7 Å². The van der Waals surface area contributed by atoms with E-state index in [0.717, 1.165) is 25.8 Å². The average molecular weight is 268 g/mol. The molecule has 108 valence electrons. The first-order valence-corrected chi connectivity index (χ1v) is 7.12. The van der Waals surface area contributed by atoms with Crippen LogP contribution in [0, 0.1) is 10.8 Å². The number of aliphatic carboxylic acids is 1. The van der Waals surface area contributed by atoms with E-state index >= 15 is 0 Å². The van der Waals surface area contributed by atoms with Gasteiger partial charge in [0.2, 0.25) is 5.91 Å². The van der Waals surface area contributed by atoms with Gasteiger partial charge in [0.05, 0.1) is 11.5 Å². The molecule has 1 aliphatic carbocycles. The van der Waals surface area contributed by atoms with Crippen molar-refractivity contribution in [2.45, 2.75) is 52.0 Å². The number of hydrogen-bond acceptors (Lipinski definition) is 3. The summed E-state index contributed by atoms with van der Waals surface area (Å²) in [5.41, 5.74) is -0.785. The largest absolute Gasteiger partial charge is 0.481 e. The number of nitrogens with one attached hydrogen (secondary N) is 2. The summed E-state index contributed by atoms with van der Waals surface area (Å²) < 4.78 is 0. The fraction of sp³-hybridized carbons (Fsp3) is 0.857. The summed E-state index contributed by atoms with van der Waals surface area (Å²) in [4.78, 5) is 23.5. The monoisotopic (exact) mass is 268 g/mol. The van der Waals surface area contributed by atoms with Crippen molar-refractivity contribution in [3.05, 3.63) is 0 Å². The predicted molar refractivity (Wildman–Crippen MR) is 71.7 cm³/mol. The van der Waals surface area contributed by atoms with Crippen LogP contribution in [0.2, 0.25) is 0 Å². The summed E-state index contributed by atoms with van der Waals surface area (Å²) in [6, 6.07) is -0.216. The molecule has 0 aromatic rings. The van der Waals surface area contributed by atoms with Crippen LogP contribution < -0.4 is 10.6 Å². The molecule has 2 rings (SSSR count). The number of carbonyl (C=O) groups is 2. The molecule has 5 heteroatoms. The van der Waals surface area contributed by atoms with Gasteiger partial charge in [0, 0.05) is 6.54 Å². The molecule has 2 aliphatic rings. The third kappa shape index (κ3) is 2.76. The van der Waals surface area contributed by atoms with Crippen molar-refractivity contribution in [1.29, 1.82) is 0 Å². The topological polar surface area (TPSA) is 78.4 Å². The minimum Gasteiger partial charge on any atom is -0.481 e. The molecule has 0 aromatic carbocycles. The SMILES string of the molecule is CC1(C)CCCNC1C(=O)NCC1(C(=O)O)CCC1. The second kappa shape index (κ2) is 5.12. The first kappa shape index (κ1) is 14.3. The number of carbonyl (C=O) groups excluding carboxylic acids is 1. The Morgan fingerprint density at radius 2 is 1.95 bits per heavy atom. The molecule has 0 bridgehead atoms. The Bertz CT molecular complexity index is 375. The Labute approximate surface area is 114 Å². The van der Waals surface area contributed by atoms with Crippen LogP contribution in [0.1, 0.15) is 46.0 Å². The zero-order valence-electron chi connectivity index (χ0n) is 11.8. The Hall–Kier alpha value is -1.10. The Balaban J connectivity index is 1.92. The highest BCUT2D eigenvalue weighted by molar-refractivity contribution is 5.84. The first-order valence-electron chi connectivity index (χ1n) is 7.12. The van der Waals surface area contributed by atoms with Gasteiger partial charge in [-0.1, -0.05) is 20.3 Å². The third-order valence-corrected chi connectivity index (χ3v) is 4.76. The van der Waals surface area contributed by atoms with E-state index in [-0.39, 0.29) is 23.9 Å². The van der Waals surface area contributed by atoms with E-state index in [0.29, 0.717) is 12.8 Å². The number of hydrogen-bond donors (Lipinski definition) is 3. The highest BCUT2D eigenvalue weighted by atomic mass is 16.4. The maximum atomic E-state index is 12.3. The number of piperidine rings is 1. The van der Waals surface area contributed by atoms with Crippen LogP contribution in [0.25, 0.3) is 0 Å². The predicted octanol–water partition coefficient (Wildman–Crippen LogP) is 1.14. The quantitative estimate of drug-likeness (QED) is 0.714. The van der Waals surface area contributed by atoms with Gasteiger partial charge in [-0.15, -0.1) is 0 Å². The maximum absolute atomic E-state index is 12.3. The van der Waals surface area contributed by atoms with Crippen molar-refractivity contribution >= 4 is 11.9 Å². The lowest BCUT2D eigenvalue weighted by molar-refractivity contribution is -0.154. The second-order valence-electron chi connectivity index (χ2n) is 6.64. The fourth-order valence-corrected chi connectivity index (χ4v) is 3.09. The van der Waals surface area contributed by atoms with Gasteiger partial charge in [0.1, 0.15) is 0 Å². The van der Waals surface area contributed by atoms with Gasteiger partial charge in [-0.2, -0.15) is 0 Å². The van der Waals surface area contributed by atoms with Gasteiger partial charge in [-0.3, -0.25) is 9.59 Å². The number of rotatable bonds is 4. The number of amides is 1. The summed E-state index contributed by atoms with van der Waals surface area (Å²) in [5.74, 6) is -0.841. The van der Waals surface area contributed by atoms with Crippen molar-refractivity contribution in [3.63, 3.8) is 0 Å². The molecule has 1 atom stereocenters. The van der Waals surface area contributed by atoms with Crippen molar-refractivity contribution in [1.82, 2.24) is 10.6 Å². The van der Waals surface area contributed by atoms with Crippen molar-refractivity contribution in [2.24, 2.45) is 10.8 Å². The molecule has 1 heterocycles. The summed E-state index contributed by atoms with van der Waals surface area (Å²) in [5, 5.41) is 15.3. The molecule has 2 fully saturated rings. The minimum absolute atomic E-state index is 0.0581. The van der Waals surface area contributed by atoms with Crippen molar-refractivity contribution in [2.75, 3.05) is 13.1 Å². The van der Waals surface area contributed by atoms with Gasteiger partial charge in [0.25, 0.3) is 0 Å². The first-order chi connectivity index (χ1) is 8.87. The van der Waals surface area contributed by atoms with Crippen molar-refractivity contribution in [3.8, 4) is 0 Å². The molecule has 1 aliphatic heterocycles. The molecule has 1 saturated heterocycles. The van der Waals surface area contributed by atoms with Gasteiger partial charge in [-0.25, -0.2) is 0 Å². The standard InChI is InChI=1S/C14H24N2O3/c1-13(2)5-4-8-15-10(13)11(17)16-9-14(12(18)19)6-3-7-14/h10,15H,3-9H2,1-2H3,(H,16,17)(H,18,19). The van der Waals surface area contributed by atoms with E-state index in [2.05, 4.69) is 24.5 Å². The summed E-state index contributed by atoms with van der Waals surface area (Å²) in [6.07, 6.45) is 4.38. The zero-order chi connectivity index (χ0) is 14.1. The van der Waals surface area contributed by atoms with Crippen LogP contribution in [0.15, 0.2) is 0 Å². The molecule has 5 nitrogen and oxygen atoms in total. The molecule has 0 radical (unpaired) electrons. The normalized spacial score (nSPS) is 28.2. The molecular formula is C14H24N2O3.